The van der Waals surface area contributed by atoms with E-state index in [-0.39, 0.29) is 11.3 Å². The first-order chi connectivity index (χ1) is 13.0. The zero-order valence-electron chi connectivity index (χ0n) is 15.5. The van der Waals surface area contributed by atoms with Crippen molar-refractivity contribution in [2.24, 2.45) is 0 Å². The van der Waals surface area contributed by atoms with Crippen LogP contribution in [0.4, 0.5) is 5.82 Å². The zero-order chi connectivity index (χ0) is 18.6. The molecule has 0 spiro atoms. The Bertz CT molecular complexity index is 1100. The van der Waals surface area contributed by atoms with Crippen LogP contribution in [0.5, 0.6) is 0 Å². The van der Waals surface area contributed by atoms with Crippen molar-refractivity contribution < 1.29 is 4.79 Å². The summed E-state index contributed by atoms with van der Waals surface area (Å²) in [6, 6.07) is 5.99. The van der Waals surface area contributed by atoms with E-state index < -0.39 is 0 Å². The van der Waals surface area contributed by atoms with Crippen molar-refractivity contribution in [3.05, 3.63) is 64.1 Å². The third-order valence-corrected chi connectivity index (χ3v) is 5.96. The molecule has 1 fully saturated rings. The molecule has 5 rings (SSSR count). The van der Waals surface area contributed by atoms with Crippen molar-refractivity contribution in [3.63, 3.8) is 0 Å². The standard InChI is InChI=1S/C22H22N4O/c1-14-10-19-18(12-26(14)22(2)8-9-22)21(25-13-24-19)23-11-15-4-3-5-17-16(15)6-7-20(17)27/h3-5,10,12-13H,1,6-9,11H2,2H3,(H,23,24,25). The lowest BCUT2D eigenvalue weighted by Crippen LogP contribution is -2.42. The second-order valence-electron chi connectivity index (χ2n) is 7.87. The summed E-state index contributed by atoms with van der Waals surface area (Å²) in [5.41, 5.74) is 4.36. The summed E-state index contributed by atoms with van der Waals surface area (Å²) in [5.74, 6) is 1.07. The van der Waals surface area contributed by atoms with Gasteiger partial charge in [-0.1, -0.05) is 24.8 Å². The van der Waals surface area contributed by atoms with Gasteiger partial charge < -0.3 is 10.2 Å². The molecule has 0 atom stereocenters. The average molecular weight is 358 g/mol. The lowest BCUT2D eigenvalue weighted by molar-refractivity contribution is 0.0994. The Labute approximate surface area is 158 Å². The third-order valence-electron chi connectivity index (χ3n) is 5.96. The first-order valence-corrected chi connectivity index (χ1v) is 9.46. The summed E-state index contributed by atoms with van der Waals surface area (Å²) < 4.78 is 0. The Balaban J connectivity index is 1.49. The third kappa shape index (κ3) is 2.65. The zero-order valence-corrected chi connectivity index (χ0v) is 15.5. The molecule has 1 aromatic carbocycles. The van der Waals surface area contributed by atoms with Crippen LogP contribution < -0.4 is 15.9 Å². The molecule has 136 valence electrons. The molecule has 1 saturated carbocycles. The Hall–Kier alpha value is -2.95. The Morgan fingerprint density at radius 3 is 2.93 bits per heavy atom. The highest BCUT2D eigenvalue weighted by Gasteiger charge is 2.43. The van der Waals surface area contributed by atoms with Crippen molar-refractivity contribution in [2.75, 3.05) is 5.32 Å². The summed E-state index contributed by atoms with van der Waals surface area (Å²) in [4.78, 5) is 23.1. The molecule has 2 aliphatic carbocycles. The van der Waals surface area contributed by atoms with Crippen LogP contribution in [0.15, 0.2) is 36.8 Å². The molecule has 2 heterocycles. The number of carbonyl (C=O) groups is 1. The number of ketones is 1. The maximum absolute atomic E-state index is 12.0. The van der Waals surface area contributed by atoms with Gasteiger partial charge in [0.2, 0.25) is 0 Å². The van der Waals surface area contributed by atoms with Gasteiger partial charge in [-0.15, -0.1) is 0 Å². The summed E-state index contributed by atoms with van der Waals surface area (Å²) in [6.45, 7) is 7.10. The molecule has 0 bridgehead atoms. The van der Waals surface area contributed by atoms with E-state index in [0.29, 0.717) is 13.0 Å². The minimum atomic E-state index is 0.166. The fourth-order valence-electron chi connectivity index (χ4n) is 4.06. The molecule has 0 amide bonds. The molecule has 0 unspecified atom stereocenters. The van der Waals surface area contributed by atoms with E-state index in [1.807, 2.05) is 18.2 Å². The van der Waals surface area contributed by atoms with Crippen LogP contribution in [0.3, 0.4) is 0 Å². The molecular weight excluding hydrogens is 336 g/mol. The van der Waals surface area contributed by atoms with Gasteiger partial charge in [-0.25, -0.2) is 9.97 Å². The quantitative estimate of drug-likeness (QED) is 0.907. The number of hydrogen-bond acceptors (Lipinski definition) is 5. The second kappa shape index (κ2) is 5.78. The molecular formula is C22H22N4O. The van der Waals surface area contributed by atoms with Crippen molar-refractivity contribution in [1.29, 1.82) is 0 Å². The number of benzene rings is 1. The highest BCUT2D eigenvalue weighted by Crippen LogP contribution is 2.43. The molecule has 0 saturated heterocycles. The van der Waals surface area contributed by atoms with Crippen LogP contribution in [0.2, 0.25) is 0 Å². The lowest BCUT2D eigenvalue weighted by atomic mass is 10.0. The van der Waals surface area contributed by atoms with E-state index in [1.165, 1.54) is 24.0 Å². The highest BCUT2D eigenvalue weighted by atomic mass is 16.1. The van der Waals surface area contributed by atoms with Gasteiger partial charge in [-0.05, 0) is 43.4 Å². The van der Waals surface area contributed by atoms with Crippen LogP contribution in [0, 0.1) is 0 Å². The lowest BCUT2D eigenvalue weighted by Gasteiger charge is -2.30. The Morgan fingerprint density at radius 1 is 1.26 bits per heavy atom. The van der Waals surface area contributed by atoms with E-state index in [9.17, 15) is 4.79 Å². The number of fused-ring (bicyclic) bond motifs is 2. The number of aromatic nitrogens is 2. The van der Waals surface area contributed by atoms with E-state index in [0.717, 1.165) is 34.1 Å². The monoisotopic (exact) mass is 358 g/mol. The van der Waals surface area contributed by atoms with Gasteiger partial charge >= 0.3 is 0 Å². The van der Waals surface area contributed by atoms with E-state index in [1.54, 1.807) is 6.33 Å². The minimum absolute atomic E-state index is 0.166. The van der Waals surface area contributed by atoms with Crippen LogP contribution in [-0.2, 0) is 13.0 Å². The molecule has 2 aromatic rings. The van der Waals surface area contributed by atoms with Crippen LogP contribution in [-0.4, -0.2) is 26.2 Å². The van der Waals surface area contributed by atoms with Gasteiger partial charge in [0.1, 0.15) is 12.1 Å². The summed E-state index contributed by atoms with van der Waals surface area (Å²) >= 11 is 0. The largest absolute Gasteiger partial charge is 0.365 e. The van der Waals surface area contributed by atoms with Gasteiger partial charge in [0.05, 0.1) is 10.6 Å². The molecule has 1 N–H and O–H groups in total. The fourth-order valence-corrected chi connectivity index (χ4v) is 4.06. The van der Waals surface area contributed by atoms with E-state index >= 15 is 0 Å². The SMILES string of the molecule is C=C1C=c2ncnc(NCc3cccc4c3CCC4=O)c2=CN1C1(C)CC1. The number of nitrogens with zero attached hydrogens (tertiary/aromatic N) is 3. The Morgan fingerprint density at radius 2 is 2.11 bits per heavy atom. The molecule has 5 nitrogen and oxygen atoms in total. The van der Waals surface area contributed by atoms with E-state index in [4.69, 9.17) is 0 Å². The molecule has 5 heteroatoms. The van der Waals surface area contributed by atoms with Crippen LogP contribution in [0.1, 0.15) is 47.7 Å². The van der Waals surface area contributed by atoms with Gasteiger partial charge in [0, 0.05) is 36.0 Å². The average Bonchev–Trinajstić information content (AvgIpc) is 3.30. The maximum Gasteiger partial charge on any atom is 0.163 e. The number of Topliss-reactive ketones (excluding diaryl/α,β-unsaturated/α-hetero) is 1. The molecule has 0 radical (unpaired) electrons. The summed E-state index contributed by atoms with van der Waals surface area (Å²) in [5, 5.41) is 5.37. The second-order valence-corrected chi connectivity index (χ2v) is 7.87. The van der Waals surface area contributed by atoms with Crippen molar-refractivity contribution in [1.82, 2.24) is 14.9 Å². The van der Waals surface area contributed by atoms with Crippen molar-refractivity contribution in [3.8, 4) is 0 Å². The molecule has 1 aliphatic heterocycles. The first kappa shape index (κ1) is 16.2. The maximum atomic E-state index is 12.0. The van der Waals surface area contributed by atoms with Gasteiger partial charge in [-0.3, -0.25) is 4.79 Å². The van der Waals surface area contributed by atoms with Crippen LogP contribution >= 0.6 is 0 Å². The van der Waals surface area contributed by atoms with Gasteiger partial charge in [0.15, 0.2) is 5.78 Å². The van der Waals surface area contributed by atoms with Crippen LogP contribution in [0.25, 0.3) is 12.3 Å². The number of anilines is 1. The van der Waals surface area contributed by atoms with Crippen molar-refractivity contribution >= 4 is 23.9 Å². The van der Waals surface area contributed by atoms with Gasteiger partial charge in [0.25, 0.3) is 0 Å². The van der Waals surface area contributed by atoms with Gasteiger partial charge in [-0.2, -0.15) is 0 Å². The normalized spacial score (nSPS) is 19.1. The predicted molar refractivity (Wildman–Crippen MR) is 105 cm³/mol. The predicted octanol–water partition coefficient (Wildman–Crippen LogP) is 2.12. The topological polar surface area (TPSA) is 58.1 Å². The molecule has 3 aliphatic rings. The fraction of sp³-hybridized carbons (Fsp3) is 0.318. The molecule has 1 aromatic heterocycles. The first-order valence-electron chi connectivity index (χ1n) is 9.46. The number of carbonyl (C=O) groups excluding carboxylic acids is 1. The Kier molecular flexibility index (Phi) is 3.47. The highest BCUT2D eigenvalue weighted by molar-refractivity contribution is 6.00. The molecule has 27 heavy (non-hydrogen) atoms. The van der Waals surface area contributed by atoms with Crippen molar-refractivity contribution in [2.45, 2.75) is 44.7 Å². The number of rotatable bonds is 4. The number of nitrogens with one attached hydrogen (secondary N) is 1. The summed E-state index contributed by atoms with van der Waals surface area (Å²) in [7, 11) is 0. The minimum Gasteiger partial charge on any atom is -0.365 e. The smallest absolute Gasteiger partial charge is 0.163 e. The van der Waals surface area contributed by atoms with E-state index in [2.05, 4.69) is 46.0 Å². The number of allylic oxidation sites excluding steroid dienone is 1. The summed E-state index contributed by atoms with van der Waals surface area (Å²) in [6.07, 6.45) is 9.55. The number of hydrogen-bond donors (Lipinski definition) is 1.